The van der Waals surface area contributed by atoms with E-state index in [-0.39, 0.29) is 5.56 Å². The molecule has 0 radical (unpaired) electrons. The van der Waals surface area contributed by atoms with Gasteiger partial charge in [0.1, 0.15) is 10.7 Å². The molecule has 3 aromatic heterocycles. The van der Waals surface area contributed by atoms with E-state index in [4.69, 9.17) is 9.84 Å². The van der Waals surface area contributed by atoms with Crippen LogP contribution in [-0.4, -0.2) is 31.2 Å². The SMILES string of the molecule is Cc1cnc(CNc2cc(OC[C@@H]3C[C@H]3c3nn(C)c4ccccc34)nn(C)c2=O)s1. The predicted molar refractivity (Wildman–Crippen MR) is 121 cm³/mol. The van der Waals surface area contributed by atoms with E-state index < -0.39 is 0 Å². The number of hydrogen-bond acceptors (Lipinski definition) is 7. The number of anilines is 1. The first-order valence-electron chi connectivity index (χ1n) is 10.3. The van der Waals surface area contributed by atoms with Gasteiger partial charge in [0.15, 0.2) is 0 Å². The Morgan fingerprint density at radius 2 is 2.06 bits per heavy atom. The zero-order valence-corrected chi connectivity index (χ0v) is 18.5. The molecule has 4 aromatic rings. The largest absolute Gasteiger partial charge is 0.476 e. The molecule has 1 N–H and O–H groups in total. The maximum atomic E-state index is 12.4. The molecular formula is C22H24N6O2S. The second-order valence-corrected chi connectivity index (χ2v) is 9.30. The van der Waals surface area contributed by atoms with E-state index >= 15 is 0 Å². The van der Waals surface area contributed by atoms with E-state index in [1.807, 2.05) is 30.9 Å². The fraction of sp³-hybridized carbons (Fsp3) is 0.364. The highest BCUT2D eigenvalue weighted by Crippen LogP contribution is 2.48. The third-order valence-electron chi connectivity index (χ3n) is 5.65. The average Bonchev–Trinajstić information content (AvgIpc) is 3.29. The normalized spacial score (nSPS) is 17.8. The van der Waals surface area contributed by atoms with E-state index in [1.54, 1.807) is 24.5 Å². The first kappa shape index (κ1) is 19.7. The second kappa shape index (κ2) is 7.81. The zero-order chi connectivity index (χ0) is 21.5. The molecule has 5 rings (SSSR count). The third kappa shape index (κ3) is 3.93. The molecule has 8 nitrogen and oxygen atoms in total. The molecule has 1 saturated carbocycles. The predicted octanol–water partition coefficient (Wildman–Crippen LogP) is 3.23. The molecule has 1 fully saturated rings. The number of benzene rings is 1. The van der Waals surface area contributed by atoms with Gasteiger partial charge in [-0.3, -0.25) is 9.48 Å². The molecular weight excluding hydrogens is 412 g/mol. The van der Waals surface area contributed by atoms with Crippen molar-refractivity contribution in [3.63, 3.8) is 0 Å². The van der Waals surface area contributed by atoms with Gasteiger partial charge in [0.05, 0.1) is 24.4 Å². The van der Waals surface area contributed by atoms with Crippen LogP contribution in [0.4, 0.5) is 5.69 Å². The Morgan fingerprint density at radius 3 is 2.87 bits per heavy atom. The molecule has 1 aliphatic rings. The summed E-state index contributed by atoms with van der Waals surface area (Å²) < 4.78 is 9.22. The maximum Gasteiger partial charge on any atom is 0.290 e. The highest BCUT2D eigenvalue weighted by Gasteiger charge is 2.42. The van der Waals surface area contributed by atoms with Crippen LogP contribution < -0.4 is 15.6 Å². The molecule has 3 heterocycles. The van der Waals surface area contributed by atoms with Crippen molar-refractivity contribution in [2.75, 3.05) is 11.9 Å². The van der Waals surface area contributed by atoms with Gasteiger partial charge in [-0.15, -0.1) is 16.4 Å². The number of thiazole rings is 1. The quantitative estimate of drug-likeness (QED) is 0.479. The van der Waals surface area contributed by atoms with Gasteiger partial charge in [0.2, 0.25) is 5.88 Å². The smallest absolute Gasteiger partial charge is 0.290 e. The van der Waals surface area contributed by atoms with Gasteiger partial charge >= 0.3 is 0 Å². The molecule has 0 amide bonds. The van der Waals surface area contributed by atoms with Crippen molar-refractivity contribution in [1.82, 2.24) is 24.5 Å². The van der Waals surface area contributed by atoms with Crippen LogP contribution in [-0.2, 0) is 20.6 Å². The lowest BCUT2D eigenvalue weighted by molar-refractivity contribution is 0.278. The fourth-order valence-corrected chi connectivity index (χ4v) is 4.63. The summed E-state index contributed by atoms with van der Waals surface area (Å²) in [6.07, 6.45) is 2.87. The molecule has 31 heavy (non-hydrogen) atoms. The second-order valence-electron chi connectivity index (χ2n) is 7.98. The summed E-state index contributed by atoms with van der Waals surface area (Å²) in [5.41, 5.74) is 2.56. The first-order chi connectivity index (χ1) is 15.0. The van der Waals surface area contributed by atoms with Crippen LogP contribution in [0.25, 0.3) is 10.9 Å². The number of aryl methyl sites for hydroxylation is 3. The summed E-state index contributed by atoms with van der Waals surface area (Å²) in [6, 6.07) is 9.99. The number of rotatable bonds is 7. The number of fused-ring (bicyclic) bond motifs is 1. The Balaban J connectivity index is 1.25. The van der Waals surface area contributed by atoms with Gasteiger partial charge in [-0.05, 0) is 19.4 Å². The fourth-order valence-electron chi connectivity index (χ4n) is 3.91. The number of hydrogen-bond donors (Lipinski definition) is 1. The standard InChI is InChI=1S/C22H24N6O2S/c1-13-10-24-20(31-13)11-23-17-9-19(25-28(3)22(17)29)30-12-14-8-16(14)21-15-6-4-5-7-18(15)27(2)26-21/h4-7,9-10,14,16,23H,8,11-12H2,1-3H3/t14-,16+/m0/s1. The van der Waals surface area contributed by atoms with Crippen LogP contribution in [0.2, 0.25) is 0 Å². The van der Waals surface area contributed by atoms with E-state index in [9.17, 15) is 4.79 Å². The van der Waals surface area contributed by atoms with Gasteiger partial charge in [-0.25, -0.2) is 9.67 Å². The molecule has 0 saturated heterocycles. The van der Waals surface area contributed by atoms with Gasteiger partial charge in [0.25, 0.3) is 5.56 Å². The summed E-state index contributed by atoms with van der Waals surface area (Å²) >= 11 is 1.61. The number of nitrogens with one attached hydrogen (secondary N) is 1. The van der Waals surface area contributed by atoms with E-state index in [2.05, 4.69) is 33.6 Å². The minimum Gasteiger partial charge on any atom is -0.476 e. The third-order valence-corrected chi connectivity index (χ3v) is 6.56. The maximum absolute atomic E-state index is 12.4. The number of ether oxygens (including phenoxy) is 1. The summed E-state index contributed by atoms with van der Waals surface area (Å²) in [4.78, 5) is 17.9. The van der Waals surface area contributed by atoms with Gasteiger partial charge < -0.3 is 10.1 Å². The minimum atomic E-state index is -0.190. The lowest BCUT2D eigenvalue weighted by Gasteiger charge is -2.10. The number of nitrogens with zero attached hydrogens (tertiary/aromatic N) is 5. The van der Waals surface area contributed by atoms with Crippen molar-refractivity contribution in [2.24, 2.45) is 20.0 Å². The van der Waals surface area contributed by atoms with Crippen molar-refractivity contribution in [3.8, 4) is 5.88 Å². The molecule has 0 aliphatic heterocycles. The Hall–Kier alpha value is -3.20. The van der Waals surface area contributed by atoms with Crippen LogP contribution in [0.5, 0.6) is 5.88 Å². The molecule has 0 unspecified atom stereocenters. The first-order valence-corrected chi connectivity index (χ1v) is 11.1. The van der Waals surface area contributed by atoms with Gasteiger partial charge in [0, 0.05) is 48.5 Å². The average molecular weight is 437 g/mol. The molecule has 2 atom stereocenters. The number of para-hydroxylation sites is 1. The lowest BCUT2D eigenvalue weighted by Crippen LogP contribution is -2.24. The summed E-state index contributed by atoms with van der Waals surface area (Å²) in [6.45, 7) is 3.05. The molecule has 160 valence electrons. The van der Waals surface area contributed by atoms with Crippen LogP contribution in [0, 0.1) is 12.8 Å². The van der Waals surface area contributed by atoms with Crippen molar-refractivity contribution >= 4 is 27.9 Å². The molecule has 1 aromatic carbocycles. The van der Waals surface area contributed by atoms with Gasteiger partial charge in [-0.2, -0.15) is 5.10 Å². The number of aromatic nitrogens is 5. The van der Waals surface area contributed by atoms with Crippen LogP contribution in [0.15, 0.2) is 41.3 Å². The highest BCUT2D eigenvalue weighted by atomic mass is 32.1. The van der Waals surface area contributed by atoms with E-state index in [0.29, 0.717) is 36.6 Å². The zero-order valence-electron chi connectivity index (χ0n) is 17.7. The van der Waals surface area contributed by atoms with E-state index in [0.717, 1.165) is 27.5 Å². The van der Waals surface area contributed by atoms with Crippen LogP contribution in [0.1, 0.15) is 27.9 Å². The Morgan fingerprint density at radius 1 is 1.23 bits per heavy atom. The van der Waals surface area contributed by atoms with E-state index in [1.165, 1.54) is 10.1 Å². The van der Waals surface area contributed by atoms with Crippen molar-refractivity contribution in [2.45, 2.75) is 25.8 Å². The molecule has 0 spiro atoms. The van der Waals surface area contributed by atoms with Crippen LogP contribution >= 0.6 is 11.3 Å². The highest BCUT2D eigenvalue weighted by molar-refractivity contribution is 7.11. The molecule has 9 heteroatoms. The monoisotopic (exact) mass is 436 g/mol. The Kier molecular flexibility index (Phi) is 4.97. The summed E-state index contributed by atoms with van der Waals surface area (Å²) in [5.74, 6) is 1.23. The summed E-state index contributed by atoms with van der Waals surface area (Å²) in [7, 11) is 3.61. The van der Waals surface area contributed by atoms with Crippen molar-refractivity contribution < 1.29 is 4.74 Å². The van der Waals surface area contributed by atoms with Crippen molar-refractivity contribution in [3.05, 3.63) is 62.5 Å². The Labute approximate surface area is 183 Å². The topological polar surface area (TPSA) is 86.9 Å². The van der Waals surface area contributed by atoms with Gasteiger partial charge in [-0.1, -0.05) is 18.2 Å². The lowest BCUT2D eigenvalue weighted by atomic mass is 10.1. The summed E-state index contributed by atoms with van der Waals surface area (Å²) in [5, 5.41) is 14.3. The van der Waals surface area contributed by atoms with Crippen LogP contribution in [0.3, 0.4) is 0 Å². The molecule has 1 aliphatic carbocycles. The van der Waals surface area contributed by atoms with Crippen molar-refractivity contribution in [1.29, 1.82) is 0 Å². The minimum absolute atomic E-state index is 0.190. The molecule has 0 bridgehead atoms. The Bertz CT molecular complexity index is 1310.